The predicted octanol–water partition coefficient (Wildman–Crippen LogP) is 11.1. The van der Waals surface area contributed by atoms with Gasteiger partial charge in [0.1, 0.15) is 12.7 Å². The van der Waals surface area contributed by atoms with Gasteiger partial charge in [-0.05, 0) is 57.8 Å². The fourth-order valence-corrected chi connectivity index (χ4v) is 6.23. The van der Waals surface area contributed by atoms with E-state index in [0.29, 0.717) is 6.42 Å². The van der Waals surface area contributed by atoms with Gasteiger partial charge in [-0.2, -0.15) is 0 Å². The van der Waals surface area contributed by atoms with Gasteiger partial charge in [0.15, 0.2) is 6.10 Å². The summed E-state index contributed by atoms with van der Waals surface area (Å²) >= 11 is 0. The summed E-state index contributed by atoms with van der Waals surface area (Å²) in [5.74, 6) is -1.21. The molecule has 0 aliphatic carbocycles. The number of aliphatic hydroxyl groups excluding tert-OH is 2. The molecule has 0 aromatic carbocycles. The third kappa shape index (κ3) is 39.7. The average molecular weight is 797 g/mol. The van der Waals surface area contributed by atoms with Crippen molar-refractivity contribution in [2.24, 2.45) is 0 Å². The quantitative estimate of drug-likeness (QED) is 0.0137. The highest BCUT2D eigenvalue weighted by atomic mass is 31.2. The summed E-state index contributed by atoms with van der Waals surface area (Å²) in [6, 6.07) is 0. The molecule has 318 valence electrons. The number of unbranched alkanes of at least 4 members (excludes halogenated alkanes) is 18. The molecule has 0 saturated heterocycles. The van der Waals surface area contributed by atoms with Gasteiger partial charge in [-0.3, -0.25) is 13.8 Å². The number of aliphatic hydroxyl groups is 2. The van der Waals surface area contributed by atoms with Crippen molar-refractivity contribution in [3.63, 3.8) is 0 Å². The topological polar surface area (TPSA) is 149 Å². The molecule has 10 nitrogen and oxygen atoms in total. The van der Waals surface area contributed by atoms with E-state index in [1.165, 1.54) is 89.5 Å². The summed E-state index contributed by atoms with van der Waals surface area (Å²) in [5.41, 5.74) is 0. The molecule has 11 heteroatoms. The third-order valence-corrected chi connectivity index (χ3v) is 9.70. The second kappa shape index (κ2) is 39.9. The number of rotatable bonds is 39. The van der Waals surface area contributed by atoms with E-state index in [1.54, 1.807) is 12.2 Å². The molecule has 0 fully saturated rings. The van der Waals surface area contributed by atoms with E-state index in [2.05, 4.69) is 54.8 Å². The molecule has 0 radical (unpaired) electrons. The second-order valence-electron chi connectivity index (χ2n) is 14.1. The highest BCUT2D eigenvalue weighted by molar-refractivity contribution is 7.47. The zero-order valence-corrected chi connectivity index (χ0v) is 35.3. The van der Waals surface area contributed by atoms with Crippen LogP contribution in [0.15, 0.2) is 60.8 Å². The van der Waals surface area contributed by atoms with Gasteiger partial charge in [0.25, 0.3) is 0 Å². The van der Waals surface area contributed by atoms with Gasteiger partial charge < -0.3 is 24.6 Å². The minimum atomic E-state index is -4.64. The number of phosphoric acid groups is 1. The maximum Gasteiger partial charge on any atom is 0.472 e. The number of allylic oxidation sites excluding steroid dienone is 9. The summed E-state index contributed by atoms with van der Waals surface area (Å²) in [4.78, 5) is 34.8. The molecule has 55 heavy (non-hydrogen) atoms. The Kier molecular flexibility index (Phi) is 38.2. The van der Waals surface area contributed by atoms with Gasteiger partial charge in [-0.15, -0.1) is 0 Å². The molecule has 0 aliphatic rings. The highest BCUT2D eigenvalue weighted by Gasteiger charge is 2.27. The highest BCUT2D eigenvalue weighted by Crippen LogP contribution is 2.43. The first-order valence-corrected chi connectivity index (χ1v) is 22.8. The molecule has 0 bridgehead atoms. The van der Waals surface area contributed by atoms with Gasteiger partial charge in [0, 0.05) is 12.5 Å². The molecule has 0 amide bonds. The number of carbonyl (C=O) groups is 2. The van der Waals surface area contributed by atoms with E-state index in [1.807, 2.05) is 6.08 Å². The molecule has 0 spiro atoms. The lowest BCUT2D eigenvalue weighted by molar-refractivity contribution is -0.159. The van der Waals surface area contributed by atoms with Crippen LogP contribution in [0.25, 0.3) is 0 Å². The van der Waals surface area contributed by atoms with Crippen LogP contribution in [-0.2, 0) is 32.7 Å². The fourth-order valence-electron chi connectivity index (χ4n) is 5.44. The molecule has 0 heterocycles. The molecule has 3 atom stereocenters. The summed E-state index contributed by atoms with van der Waals surface area (Å²) in [6.45, 7) is 2.19. The van der Waals surface area contributed by atoms with Gasteiger partial charge in [0.05, 0.1) is 19.8 Å². The van der Waals surface area contributed by atoms with Crippen molar-refractivity contribution >= 4 is 19.8 Å². The first-order chi connectivity index (χ1) is 26.7. The molecule has 0 rings (SSSR count). The standard InChI is InChI=1S/C44H77O10P/c1-3-5-7-9-11-13-15-17-19-20-22-24-26-28-30-32-34-36-44(48)54-42(40-53-55(49,50)52-38-41(46)37-45)39-51-43(47)35-33-31-29-27-25-23-21-18-16-14-12-10-8-6-4-2/h11,13,17,19,22,24,29,31,33,35,41-42,45-46H,3-10,12,14-16,18,20-21,23,25-28,30,32,34,36-40H2,1-2H3,(H,49,50)/b13-11+,19-17+,24-22+,31-29+,35-33+/t41-,42+/m0/s1. The molecule has 0 aliphatic heterocycles. The van der Waals surface area contributed by atoms with Crippen molar-refractivity contribution < 1.29 is 47.8 Å². The number of phosphoric ester groups is 1. The zero-order chi connectivity index (χ0) is 40.5. The summed E-state index contributed by atoms with van der Waals surface area (Å²) in [5, 5.41) is 18.3. The number of esters is 2. The van der Waals surface area contributed by atoms with Crippen LogP contribution in [0, 0.1) is 0 Å². The smallest absolute Gasteiger partial charge is 0.458 e. The maximum absolute atomic E-state index is 12.6. The fraction of sp³-hybridized carbons (Fsp3) is 0.727. The maximum atomic E-state index is 12.6. The minimum Gasteiger partial charge on any atom is -0.458 e. The lowest BCUT2D eigenvalue weighted by atomic mass is 10.1. The second-order valence-corrected chi connectivity index (χ2v) is 15.5. The lowest BCUT2D eigenvalue weighted by Gasteiger charge is -2.20. The number of carbonyl (C=O) groups excluding carboxylic acids is 2. The Labute approximate surface area is 334 Å². The van der Waals surface area contributed by atoms with E-state index in [-0.39, 0.29) is 6.42 Å². The first-order valence-electron chi connectivity index (χ1n) is 21.3. The van der Waals surface area contributed by atoms with Crippen molar-refractivity contribution in [1.29, 1.82) is 0 Å². The van der Waals surface area contributed by atoms with Gasteiger partial charge in [0.2, 0.25) is 0 Å². The van der Waals surface area contributed by atoms with Crippen molar-refractivity contribution in [2.75, 3.05) is 26.4 Å². The Morgan fingerprint density at radius 1 is 0.600 bits per heavy atom. The number of hydrogen-bond acceptors (Lipinski definition) is 9. The van der Waals surface area contributed by atoms with Crippen LogP contribution < -0.4 is 0 Å². The van der Waals surface area contributed by atoms with Crippen LogP contribution in [0.5, 0.6) is 0 Å². The minimum absolute atomic E-state index is 0.137. The molecule has 1 unspecified atom stereocenters. The summed E-state index contributed by atoms with van der Waals surface area (Å²) in [6.07, 6.45) is 43.9. The molecule has 0 aromatic rings. The largest absolute Gasteiger partial charge is 0.472 e. The molecular formula is C44H77O10P. The summed E-state index contributed by atoms with van der Waals surface area (Å²) in [7, 11) is -4.64. The van der Waals surface area contributed by atoms with E-state index in [4.69, 9.17) is 19.1 Å². The molecule has 0 aromatic heterocycles. The van der Waals surface area contributed by atoms with E-state index < -0.39 is 58.4 Å². The monoisotopic (exact) mass is 797 g/mol. The summed E-state index contributed by atoms with van der Waals surface area (Å²) < 4.78 is 32.5. The number of hydrogen-bond donors (Lipinski definition) is 3. The first kappa shape index (κ1) is 52.7. The van der Waals surface area contributed by atoms with E-state index in [0.717, 1.165) is 57.8 Å². The Bertz CT molecular complexity index is 1100. The van der Waals surface area contributed by atoms with Crippen LogP contribution in [0.3, 0.4) is 0 Å². The zero-order valence-electron chi connectivity index (χ0n) is 34.4. The van der Waals surface area contributed by atoms with E-state index in [9.17, 15) is 24.2 Å². The van der Waals surface area contributed by atoms with Crippen LogP contribution in [-0.4, -0.2) is 65.7 Å². The molecular weight excluding hydrogens is 719 g/mol. The third-order valence-electron chi connectivity index (χ3n) is 8.75. The van der Waals surface area contributed by atoms with Crippen molar-refractivity contribution in [3.8, 4) is 0 Å². The van der Waals surface area contributed by atoms with Crippen LogP contribution in [0.1, 0.15) is 168 Å². The van der Waals surface area contributed by atoms with Crippen LogP contribution in [0.2, 0.25) is 0 Å². The van der Waals surface area contributed by atoms with Crippen molar-refractivity contribution in [1.82, 2.24) is 0 Å². The lowest BCUT2D eigenvalue weighted by Crippen LogP contribution is -2.29. The molecule has 3 N–H and O–H groups in total. The van der Waals surface area contributed by atoms with Crippen LogP contribution in [0.4, 0.5) is 0 Å². The predicted molar refractivity (Wildman–Crippen MR) is 224 cm³/mol. The normalized spacial score (nSPS) is 14.5. The SMILES string of the molecule is CCCCC/C=C/C/C=C/C/C=C/CCCCCCC(=O)O[C@H](COC(=O)/C=C/C=C/CCCCCCCCCCCCC)COP(=O)(O)OC[C@@H](O)CO. The van der Waals surface area contributed by atoms with Gasteiger partial charge >= 0.3 is 19.8 Å². The Morgan fingerprint density at radius 3 is 1.65 bits per heavy atom. The van der Waals surface area contributed by atoms with Gasteiger partial charge in [-0.25, -0.2) is 9.36 Å². The number of ether oxygens (including phenoxy) is 2. The van der Waals surface area contributed by atoms with Crippen LogP contribution >= 0.6 is 7.82 Å². The Morgan fingerprint density at radius 2 is 1.07 bits per heavy atom. The van der Waals surface area contributed by atoms with Crippen molar-refractivity contribution in [2.45, 2.75) is 180 Å². The Hall–Kier alpha value is -2.33. The van der Waals surface area contributed by atoms with E-state index >= 15 is 0 Å². The Balaban J connectivity index is 4.46. The molecule has 0 saturated carbocycles. The van der Waals surface area contributed by atoms with Gasteiger partial charge in [-0.1, -0.05) is 158 Å². The van der Waals surface area contributed by atoms with Crippen molar-refractivity contribution in [3.05, 3.63) is 60.8 Å². The average Bonchev–Trinajstić information content (AvgIpc) is 3.17.